The smallest absolute Gasteiger partial charge is 0.485 e. The van der Waals surface area contributed by atoms with Crippen LogP contribution in [-0.4, -0.2) is 30.8 Å². The van der Waals surface area contributed by atoms with Gasteiger partial charge in [0.1, 0.15) is 0 Å². The topological polar surface area (TPSA) is 57.2 Å². The molecule has 2 rings (SSSR count). The maximum absolute atomic E-state index is 10.7. The average Bonchev–Trinajstić information content (AvgIpc) is 2.47. The second-order valence-corrected chi connectivity index (χ2v) is 9.27. The molecule has 0 bridgehead atoms. The second kappa shape index (κ2) is 8.08. The predicted molar refractivity (Wildman–Crippen MR) is 88.7 cm³/mol. The summed E-state index contributed by atoms with van der Waals surface area (Å²) in [6.07, 6.45) is 2.66. The van der Waals surface area contributed by atoms with Crippen LogP contribution in [0.4, 0.5) is 13.2 Å². The molecule has 0 fully saturated rings. The van der Waals surface area contributed by atoms with Crippen molar-refractivity contribution in [1.82, 2.24) is 0 Å². The highest BCUT2D eigenvalue weighted by molar-refractivity contribution is 7.86. The fourth-order valence-electron chi connectivity index (χ4n) is 2.16. The molecular weight excluding hydrogens is 348 g/mol. The van der Waals surface area contributed by atoms with Crippen molar-refractivity contribution < 1.29 is 26.1 Å². The van der Waals surface area contributed by atoms with Crippen LogP contribution in [0.3, 0.4) is 0 Å². The van der Waals surface area contributed by atoms with E-state index in [-0.39, 0.29) is 7.92 Å². The summed E-state index contributed by atoms with van der Waals surface area (Å²) in [5.74, 6) is 0. The standard InChI is InChI=1S/C14H17P.CHF3O3S/c1-3-15(4-2)14-11-7-9-12-8-5-6-10-13(12)14;2-1(3,4)8(5,6)7/h5-11H,3-4H2,1-2H3;(H,5,6,7). The van der Waals surface area contributed by atoms with Gasteiger partial charge in [0.25, 0.3) is 0 Å². The Morgan fingerprint density at radius 1 is 1.00 bits per heavy atom. The molecular formula is C15H18F3O3PS. The van der Waals surface area contributed by atoms with Crippen molar-refractivity contribution in [3.05, 3.63) is 42.5 Å². The van der Waals surface area contributed by atoms with Crippen LogP contribution in [0.1, 0.15) is 13.8 Å². The number of hydrogen-bond acceptors (Lipinski definition) is 3. The third-order valence-corrected chi connectivity index (χ3v) is 6.78. The van der Waals surface area contributed by atoms with Crippen LogP contribution in [0.25, 0.3) is 10.8 Å². The molecule has 0 unspecified atom stereocenters. The minimum atomic E-state index is -6.09. The van der Waals surface area contributed by atoms with Gasteiger partial charge in [-0.05, 0) is 25.3 Å². The van der Waals surface area contributed by atoms with Crippen LogP contribution in [0.5, 0.6) is 0 Å². The Kier molecular flexibility index (Phi) is 6.99. The van der Waals surface area contributed by atoms with Crippen molar-refractivity contribution in [1.29, 1.82) is 0 Å². The summed E-state index contributed by atoms with van der Waals surface area (Å²) >= 11 is 0. The van der Waals surface area contributed by atoms with Crippen LogP contribution in [0.2, 0.25) is 0 Å². The molecule has 3 nitrogen and oxygen atoms in total. The molecule has 0 radical (unpaired) electrons. The fraction of sp³-hybridized carbons (Fsp3) is 0.333. The molecule has 0 amide bonds. The summed E-state index contributed by atoms with van der Waals surface area (Å²) in [6.45, 7) is 4.64. The molecule has 128 valence electrons. The van der Waals surface area contributed by atoms with Crippen LogP contribution in [-0.2, 0) is 10.1 Å². The second-order valence-electron chi connectivity index (χ2n) is 4.74. The zero-order valence-electron chi connectivity index (χ0n) is 12.7. The summed E-state index contributed by atoms with van der Waals surface area (Å²) < 4.78 is 58.9. The predicted octanol–water partition coefficient (Wildman–Crippen LogP) is 3.77. The normalized spacial score (nSPS) is 12.1. The highest BCUT2D eigenvalue weighted by Gasteiger charge is 2.36. The number of rotatable bonds is 3. The van der Waals surface area contributed by atoms with E-state index in [9.17, 15) is 13.2 Å². The average molecular weight is 366 g/mol. The van der Waals surface area contributed by atoms with E-state index in [0.29, 0.717) is 0 Å². The van der Waals surface area contributed by atoms with Gasteiger partial charge in [0.2, 0.25) is 0 Å². The largest absolute Gasteiger partial charge is 0.741 e. The molecule has 2 aromatic carbocycles. The first-order valence-electron chi connectivity index (χ1n) is 6.96. The number of benzene rings is 2. The Bertz CT molecular complexity index is 736. The molecule has 0 aliphatic carbocycles. The maximum Gasteiger partial charge on any atom is 0.485 e. The SMILES string of the molecule is CC[PH+](CC)c1cccc2ccccc12.O=S(=O)([O-])C(F)(F)F. The molecule has 0 heterocycles. The summed E-state index contributed by atoms with van der Waals surface area (Å²) in [5, 5.41) is 4.47. The Labute approximate surface area is 135 Å². The van der Waals surface area contributed by atoms with Gasteiger partial charge >= 0.3 is 5.51 Å². The van der Waals surface area contributed by atoms with Crippen molar-refractivity contribution in [3.8, 4) is 0 Å². The molecule has 0 aliphatic rings. The molecule has 0 saturated carbocycles. The minimum Gasteiger partial charge on any atom is -0.741 e. The first kappa shape index (κ1) is 19.9. The lowest BCUT2D eigenvalue weighted by atomic mass is 10.1. The first-order chi connectivity index (χ1) is 10.6. The summed E-state index contributed by atoms with van der Waals surface area (Å²) in [7, 11) is -6.42. The molecule has 23 heavy (non-hydrogen) atoms. The molecule has 0 spiro atoms. The molecule has 0 atom stereocenters. The van der Waals surface area contributed by atoms with E-state index in [0.717, 1.165) is 0 Å². The Balaban J connectivity index is 0.000000284. The quantitative estimate of drug-likeness (QED) is 0.472. The van der Waals surface area contributed by atoms with Crippen LogP contribution in [0, 0.1) is 0 Å². The lowest BCUT2D eigenvalue weighted by Gasteiger charge is -2.08. The van der Waals surface area contributed by atoms with Gasteiger partial charge < -0.3 is 4.55 Å². The third-order valence-electron chi connectivity index (χ3n) is 3.31. The first-order valence-corrected chi connectivity index (χ1v) is 10.3. The zero-order valence-corrected chi connectivity index (χ0v) is 14.5. The molecule has 0 aromatic heterocycles. The van der Waals surface area contributed by atoms with Crippen molar-refractivity contribution in [2.24, 2.45) is 0 Å². The summed E-state index contributed by atoms with van der Waals surface area (Å²) in [4.78, 5) is 0. The lowest BCUT2D eigenvalue weighted by molar-refractivity contribution is -0.0517. The summed E-state index contributed by atoms with van der Waals surface area (Å²) in [5.41, 5.74) is -5.65. The van der Waals surface area contributed by atoms with Gasteiger partial charge in [-0.15, -0.1) is 0 Å². The van der Waals surface area contributed by atoms with Gasteiger partial charge in [0.15, 0.2) is 10.1 Å². The van der Waals surface area contributed by atoms with Gasteiger partial charge in [-0.25, -0.2) is 8.42 Å². The van der Waals surface area contributed by atoms with E-state index in [1.807, 2.05) is 0 Å². The third kappa shape index (κ3) is 5.44. The molecule has 2 aromatic rings. The van der Waals surface area contributed by atoms with Crippen molar-refractivity contribution in [2.75, 3.05) is 12.3 Å². The highest BCUT2D eigenvalue weighted by atomic mass is 32.2. The Morgan fingerprint density at radius 3 is 1.96 bits per heavy atom. The monoisotopic (exact) mass is 366 g/mol. The van der Waals surface area contributed by atoms with E-state index in [1.165, 1.54) is 23.1 Å². The van der Waals surface area contributed by atoms with E-state index in [1.54, 1.807) is 5.30 Å². The number of hydrogen-bond donors (Lipinski definition) is 0. The van der Waals surface area contributed by atoms with E-state index in [4.69, 9.17) is 13.0 Å². The highest BCUT2D eigenvalue weighted by Crippen LogP contribution is 2.35. The fourth-order valence-corrected chi connectivity index (χ4v) is 4.37. The molecule has 0 aliphatic heterocycles. The Morgan fingerprint density at radius 2 is 1.48 bits per heavy atom. The molecule has 0 saturated heterocycles. The van der Waals surface area contributed by atoms with Crippen LogP contribution >= 0.6 is 7.92 Å². The van der Waals surface area contributed by atoms with Gasteiger partial charge in [-0.2, -0.15) is 13.2 Å². The number of alkyl halides is 3. The van der Waals surface area contributed by atoms with Crippen molar-refractivity contribution >= 4 is 34.1 Å². The van der Waals surface area contributed by atoms with E-state index >= 15 is 0 Å². The molecule has 0 N–H and O–H groups in total. The van der Waals surface area contributed by atoms with Crippen LogP contribution in [0.15, 0.2) is 42.5 Å². The molecule has 8 heteroatoms. The van der Waals surface area contributed by atoms with Gasteiger partial charge in [-0.1, -0.05) is 36.4 Å². The van der Waals surface area contributed by atoms with E-state index < -0.39 is 15.6 Å². The van der Waals surface area contributed by atoms with Gasteiger partial charge in [-0.3, -0.25) is 0 Å². The minimum absolute atomic E-state index is 0.326. The van der Waals surface area contributed by atoms with E-state index in [2.05, 4.69) is 56.3 Å². The maximum atomic E-state index is 10.7. The van der Waals surface area contributed by atoms with Gasteiger partial charge in [0, 0.05) is 13.3 Å². The summed E-state index contributed by atoms with van der Waals surface area (Å²) in [6, 6.07) is 15.5. The number of fused-ring (bicyclic) bond motifs is 1. The number of halogens is 3. The van der Waals surface area contributed by atoms with Crippen LogP contribution < -0.4 is 5.30 Å². The van der Waals surface area contributed by atoms with Crippen molar-refractivity contribution in [2.45, 2.75) is 19.4 Å². The van der Waals surface area contributed by atoms with Gasteiger partial charge in [0.05, 0.1) is 17.6 Å². The Hall–Kier alpha value is -1.17. The lowest BCUT2D eigenvalue weighted by Crippen LogP contribution is -2.21. The zero-order chi connectivity index (χ0) is 17.7. The van der Waals surface area contributed by atoms with Crippen molar-refractivity contribution in [3.63, 3.8) is 0 Å².